The van der Waals surface area contributed by atoms with Crippen LogP contribution in [0.3, 0.4) is 0 Å². The molecule has 0 saturated heterocycles. The fraction of sp³-hybridized carbons (Fsp3) is 0.235. The van der Waals surface area contributed by atoms with Gasteiger partial charge in [-0.05, 0) is 36.8 Å². The van der Waals surface area contributed by atoms with Gasteiger partial charge in [0.2, 0.25) is 0 Å². The van der Waals surface area contributed by atoms with Crippen molar-refractivity contribution in [3.8, 4) is 0 Å². The molecule has 7 heteroatoms. The Bertz CT molecular complexity index is 893. The van der Waals surface area contributed by atoms with Gasteiger partial charge >= 0.3 is 5.97 Å². The Kier molecular flexibility index (Phi) is 4.06. The average Bonchev–Trinajstić information content (AvgIpc) is 3.17. The van der Waals surface area contributed by atoms with E-state index in [9.17, 15) is 18.3 Å². The minimum atomic E-state index is -3.86. The van der Waals surface area contributed by atoms with E-state index in [4.69, 9.17) is 5.73 Å². The molecule has 1 saturated carbocycles. The number of carbonyl (C=O) groups is 1. The first-order valence-electron chi connectivity index (χ1n) is 7.27. The van der Waals surface area contributed by atoms with Gasteiger partial charge in [-0.1, -0.05) is 45.8 Å². The highest BCUT2D eigenvalue weighted by atomic mass is 79.9. The first-order chi connectivity index (χ1) is 11.2. The van der Waals surface area contributed by atoms with Crippen LogP contribution in [-0.2, 0) is 14.6 Å². The molecule has 1 fully saturated rings. The van der Waals surface area contributed by atoms with Gasteiger partial charge in [0, 0.05) is 10.4 Å². The molecule has 0 bridgehead atoms. The maximum Gasteiger partial charge on any atom is 0.325 e. The van der Waals surface area contributed by atoms with E-state index in [2.05, 4.69) is 15.9 Å². The SMILES string of the molecule is Cc1ccc(S(=O)(=O)[C@@H]2[C@H](c3ccc(Br)cc3)[C@]2(N)C(=O)O)cc1. The van der Waals surface area contributed by atoms with Crippen molar-refractivity contribution in [1.29, 1.82) is 0 Å². The van der Waals surface area contributed by atoms with Crippen molar-refractivity contribution in [3.05, 3.63) is 64.1 Å². The van der Waals surface area contributed by atoms with Crippen molar-refractivity contribution in [2.75, 3.05) is 0 Å². The lowest BCUT2D eigenvalue weighted by molar-refractivity contribution is -0.139. The van der Waals surface area contributed by atoms with E-state index < -0.39 is 32.5 Å². The van der Waals surface area contributed by atoms with Gasteiger partial charge in [0.25, 0.3) is 0 Å². The van der Waals surface area contributed by atoms with Gasteiger partial charge in [-0.2, -0.15) is 0 Å². The van der Waals surface area contributed by atoms with Crippen LogP contribution in [0.4, 0.5) is 0 Å². The molecule has 5 nitrogen and oxygen atoms in total. The Balaban J connectivity index is 2.06. The van der Waals surface area contributed by atoms with Gasteiger partial charge in [-0.25, -0.2) is 8.42 Å². The highest BCUT2D eigenvalue weighted by Gasteiger charge is 2.74. The van der Waals surface area contributed by atoms with E-state index in [1.807, 2.05) is 6.92 Å². The van der Waals surface area contributed by atoms with Crippen LogP contribution in [0.15, 0.2) is 57.9 Å². The summed E-state index contributed by atoms with van der Waals surface area (Å²) in [6.07, 6.45) is 0. The summed E-state index contributed by atoms with van der Waals surface area (Å²) in [5.41, 5.74) is 5.71. The molecule has 2 aromatic carbocycles. The number of hydrogen-bond acceptors (Lipinski definition) is 4. The number of carboxylic acids is 1. The van der Waals surface area contributed by atoms with Gasteiger partial charge in [0.15, 0.2) is 9.84 Å². The summed E-state index contributed by atoms with van der Waals surface area (Å²) in [7, 11) is -3.86. The Labute approximate surface area is 148 Å². The Morgan fingerprint density at radius 3 is 2.17 bits per heavy atom. The van der Waals surface area contributed by atoms with Crippen molar-refractivity contribution in [1.82, 2.24) is 0 Å². The number of sulfone groups is 1. The summed E-state index contributed by atoms with van der Waals surface area (Å²) in [6.45, 7) is 1.85. The third-order valence-electron chi connectivity index (χ3n) is 4.46. The van der Waals surface area contributed by atoms with Gasteiger partial charge in [0.05, 0.1) is 4.90 Å². The Morgan fingerprint density at radius 1 is 1.12 bits per heavy atom. The van der Waals surface area contributed by atoms with Gasteiger partial charge in [-0.3, -0.25) is 4.79 Å². The summed E-state index contributed by atoms with van der Waals surface area (Å²) in [5, 5.41) is 8.34. The Morgan fingerprint density at radius 2 is 1.67 bits per heavy atom. The second kappa shape index (κ2) is 5.68. The Hall–Kier alpha value is -1.70. The summed E-state index contributed by atoms with van der Waals surface area (Å²) in [6, 6.07) is 13.2. The molecule has 0 spiro atoms. The van der Waals surface area contributed by atoms with E-state index in [0.29, 0.717) is 5.56 Å². The lowest BCUT2D eigenvalue weighted by Crippen LogP contribution is -2.39. The lowest BCUT2D eigenvalue weighted by Gasteiger charge is -2.07. The lowest BCUT2D eigenvalue weighted by atomic mass is 10.1. The van der Waals surface area contributed by atoms with E-state index in [1.165, 1.54) is 12.1 Å². The number of hydrogen-bond donors (Lipinski definition) is 2. The second-order valence-corrected chi connectivity index (χ2v) is 9.03. The van der Waals surface area contributed by atoms with Gasteiger partial charge in [0.1, 0.15) is 10.8 Å². The smallest absolute Gasteiger partial charge is 0.325 e. The number of benzene rings is 2. The van der Waals surface area contributed by atoms with Crippen molar-refractivity contribution in [2.24, 2.45) is 5.73 Å². The number of halogens is 1. The maximum absolute atomic E-state index is 12.9. The van der Waals surface area contributed by atoms with E-state index in [1.54, 1.807) is 36.4 Å². The number of aliphatic carboxylic acids is 1. The highest BCUT2D eigenvalue weighted by molar-refractivity contribution is 9.10. The molecule has 1 aliphatic carbocycles. The molecule has 0 heterocycles. The third kappa shape index (κ3) is 2.56. The van der Waals surface area contributed by atoms with Crippen molar-refractivity contribution < 1.29 is 18.3 Å². The molecule has 0 unspecified atom stereocenters. The maximum atomic E-state index is 12.9. The molecule has 0 aromatic heterocycles. The molecule has 0 aliphatic heterocycles. The van der Waals surface area contributed by atoms with Crippen LogP contribution in [0.25, 0.3) is 0 Å². The molecule has 2 aromatic rings. The minimum absolute atomic E-state index is 0.0915. The number of rotatable bonds is 4. The quantitative estimate of drug-likeness (QED) is 0.807. The fourth-order valence-electron chi connectivity index (χ4n) is 3.06. The van der Waals surface area contributed by atoms with Crippen molar-refractivity contribution in [2.45, 2.75) is 28.5 Å². The van der Waals surface area contributed by atoms with Crippen molar-refractivity contribution in [3.63, 3.8) is 0 Å². The molecule has 126 valence electrons. The fourth-order valence-corrected chi connectivity index (χ4v) is 5.56. The van der Waals surface area contributed by atoms with Crippen LogP contribution < -0.4 is 5.73 Å². The molecule has 24 heavy (non-hydrogen) atoms. The summed E-state index contributed by atoms with van der Waals surface area (Å²) in [4.78, 5) is 11.8. The molecule has 3 atom stereocenters. The standard InChI is InChI=1S/C17H16BrNO4S/c1-10-2-8-13(9-3-10)24(22,23)15-14(17(15,19)16(20)21)11-4-6-12(18)7-5-11/h2-9,14-15H,19H2,1H3,(H,20,21)/t14-,15+,17+/m0/s1. The molecular formula is C17H16BrNO4S. The summed E-state index contributed by atoms with van der Waals surface area (Å²) < 4.78 is 26.7. The van der Waals surface area contributed by atoms with Gasteiger partial charge in [-0.15, -0.1) is 0 Å². The molecule has 1 aliphatic rings. The van der Waals surface area contributed by atoms with E-state index >= 15 is 0 Å². The van der Waals surface area contributed by atoms with Crippen LogP contribution in [0.5, 0.6) is 0 Å². The molecule has 3 rings (SSSR count). The largest absolute Gasteiger partial charge is 0.480 e. The zero-order valence-corrected chi connectivity index (χ0v) is 15.2. The van der Waals surface area contributed by atoms with Crippen LogP contribution in [0.2, 0.25) is 0 Å². The summed E-state index contributed by atoms with van der Waals surface area (Å²) >= 11 is 3.30. The monoisotopic (exact) mass is 409 g/mol. The highest BCUT2D eigenvalue weighted by Crippen LogP contribution is 2.55. The average molecular weight is 410 g/mol. The number of carboxylic acid groups (broad SMARTS) is 1. The molecular weight excluding hydrogens is 394 g/mol. The normalized spacial score (nSPS) is 26.1. The zero-order valence-electron chi connectivity index (χ0n) is 12.8. The second-order valence-electron chi connectivity index (χ2n) is 6.05. The predicted molar refractivity (Wildman–Crippen MR) is 93.6 cm³/mol. The minimum Gasteiger partial charge on any atom is -0.480 e. The summed E-state index contributed by atoms with van der Waals surface area (Å²) in [5.74, 6) is -2.09. The molecule has 0 radical (unpaired) electrons. The van der Waals surface area contributed by atoms with E-state index in [0.717, 1.165) is 10.0 Å². The first kappa shape index (κ1) is 17.1. The third-order valence-corrected chi connectivity index (χ3v) is 7.25. The topological polar surface area (TPSA) is 97.5 Å². The first-order valence-corrected chi connectivity index (χ1v) is 9.61. The van der Waals surface area contributed by atoms with Crippen LogP contribution in [0.1, 0.15) is 17.0 Å². The predicted octanol–water partition coefficient (Wildman–Crippen LogP) is 2.48. The zero-order chi connectivity index (χ0) is 17.7. The van der Waals surface area contributed by atoms with Crippen molar-refractivity contribution >= 4 is 31.7 Å². The number of aryl methyl sites for hydroxylation is 1. The van der Waals surface area contributed by atoms with Crippen LogP contribution >= 0.6 is 15.9 Å². The number of nitrogens with two attached hydrogens (primary N) is 1. The molecule has 3 N–H and O–H groups in total. The van der Waals surface area contributed by atoms with Crippen LogP contribution in [0, 0.1) is 6.92 Å². The van der Waals surface area contributed by atoms with Gasteiger partial charge < -0.3 is 10.8 Å². The van der Waals surface area contributed by atoms with E-state index in [-0.39, 0.29) is 4.90 Å². The van der Waals surface area contributed by atoms with Crippen LogP contribution in [-0.4, -0.2) is 30.3 Å². The molecule has 0 amide bonds.